The van der Waals surface area contributed by atoms with Crippen LogP contribution in [0.2, 0.25) is 0 Å². The van der Waals surface area contributed by atoms with E-state index in [0.29, 0.717) is 38.5 Å². The van der Waals surface area contributed by atoms with E-state index in [9.17, 15) is 9.59 Å². The topological polar surface area (TPSA) is 58.4 Å². The van der Waals surface area contributed by atoms with Crippen molar-refractivity contribution >= 4 is 11.8 Å². The highest BCUT2D eigenvalue weighted by Gasteiger charge is 2.35. The minimum atomic E-state index is -0.0624. The Hall–Kier alpha value is -1.85. The lowest BCUT2D eigenvalue weighted by Crippen LogP contribution is -2.50. The number of rotatable bonds is 5. The highest BCUT2D eigenvalue weighted by Crippen LogP contribution is 2.28. The van der Waals surface area contributed by atoms with Gasteiger partial charge in [-0.3, -0.25) is 14.3 Å². The average Bonchev–Trinajstić information content (AvgIpc) is 2.88. The lowest BCUT2D eigenvalue weighted by molar-refractivity contribution is -0.145. The first kappa shape index (κ1) is 18.9. The molecule has 1 aromatic rings. The molecule has 144 valence electrons. The van der Waals surface area contributed by atoms with E-state index in [2.05, 4.69) is 5.10 Å². The number of likely N-dealkylation sites (tertiary alicyclic amines) is 1. The van der Waals surface area contributed by atoms with Crippen molar-refractivity contribution in [1.29, 1.82) is 0 Å². The van der Waals surface area contributed by atoms with E-state index in [0.717, 1.165) is 18.4 Å². The second kappa shape index (κ2) is 8.69. The fraction of sp³-hybridized carbons (Fsp3) is 0.750. The monoisotopic (exact) mass is 360 g/mol. The van der Waals surface area contributed by atoms with Gasteiger partial charge in [0.25, 0.3) is 0 Å². The van der Waals surface area contributed by atoms with Crippen molar-refractivity contribution in [2.75, 3.05) is 13.1 Å². The third-order valence-corrected chi connectivity index (χ3v) is 5.88. The average molecular weight is 361 g/mol. The predicted molar refractivity (Wildman–Crippen MR) is 100 cm³/mol. The standard InChI is InChI=1S/C20H32N4O2/c1-3-23(14-16-12-21-22(2)13-16)20(26)17-10-11-19(25)24(15-17)18-8-6-4-5-7-9-18/h12-13,17-18H,3-11,14-15H2,1-2H3/t17-/m1/s1. The SMILES string of the molecule is CCN(Cc1cnn(C)c1)C(=O)[C@@H]1CCC(=O)N(C2CCCCCC2)C1. The summed E-state index contributed by atoms with van der Waals surface area (Å²) in [6.45, 7) is 3.90. The van der Waals surface area contributed by atoms with Crippen LogP contribution in [0.4, 0.5) is 0 Å². The number of nitrogens with zero attached hydrogens (tertiary/aromatic N) is 4. The summed E-state index contributed by atoms with van der Waals surface area (Å²) in [5.41, 5.74) is 1.05. The Morgan fingerprint density at radius 1 is 1.23 bits per heavy atom. The molecule has 0 unspecified atom stereocenters. The Bertz CT molecular complexity index is 619. The molecular weight excluding hydrogens is 328 g/mol. The van der Waals surface area contributed by atoms with E-state index in [1.54, 1.807) is 4.68 Å². The summed E-state index contributed by atoms with van der Waals surface area (Å²) in [7, 11) is 1.89. The fourth-order valence-corrected chi connectivity index (χ4v) is 4.37. The van der Waals surface area contributed by atoms with Crippen molar-refractivity contribution in [2.45, 2.75) is 70.9 Å². The fourth-order valence-electron chi connectivity index (χ4n) is 4.37. The Morgan fingerprint density at radius 3 is 2.58 bits per heavy atom. The van der Waals surface area contributed by atoms with Gasteiger partial charge in [0.15, 0.2) is 0 Å². The lowest BCUT2D eigenvalue weighted by atomic mass is 9.93. The molecular formula is C20H32N4O2. The number of aromatic nitrogens is 2. The molecule has 2 amide bonds. The molecule has 6 heteroatoms. The van der Waals surface area contributed by atoms with Crippen LogP contribution in [-0.2, 0) is 23.2 Å². The molecule has 1 saturated heterocycles. The summed E-state index contributed by atoms with van der Waals surface area (Å²) < 4.78 is 1.76. The molecule has 2 fully saturated rings. The smallest absolute Gasteiger partial charge is 0.227 e. The van der Waals surface area contributed by atoms with Crippen LogP contribution in [-0.4, -0.2) is 50.5 Å². The van der Waals surface area contributed by atoms with Gasteiger partial charge in [0.05, 0.1) is 12.1 Å². The maximum atomic E-state index is 13.1. The van der Waals surface area contributed by atoms with Crippen molar-refractivity contribution in [3.05, 3.63) is 18.0 Å². The Morgan fingerprint density at radius 2 is 1.96 bits per heavy atom. The summed E-state index contributed by atoms with van der Waals surface area (Å²) in [4.78, 5) is 29.5. The van der Waals surface area contributed by atoms with Gasteiger partial charge in [0.1, 0.15) is 0 Å². The van der Waals surface area contributed by atoms with Crippen molar-refractivity contribution in [3.8, 4) is 0 Å². The molecule has 1 aromatic heterocycles. The molecule has 0 aromatic carbocycles. The summed E-state index contributed by atoms with van der Waals surface area (Å²) in [6, 6.07) is 0.342. The maximum Gasteiger partial charge on any atom is 0.227 e. The van der Waals surface area contributed by atoms with Crippen LogP contribution in [0.25, 0.3) is 0 Å². The van der Waals surface area contributed by atoms with Crippen molar-refractivity contribution in [2.24, 2.45) is 13.0 Å². The van der Waals surface area contributed by atoms with E-state index in [1.807, 2.05) is 36.2 Å². The Labute approximate surface area is 156 Å². The lowest BCUT2D eigenvalue weighted by Gasteiger charge is -2.39. The normalized spacial score (nSPS) is 22.3. The number of hydrogen-bond donors (Lipinski definition) is 0. The summed E-state index contributed by atoms with van der Waals surface area (Å²) in [5, 5.41) is 4.19. The van der Waals surface area contributed by atoms with Gasteiger partial charge in [-0.15, -0.1) is 0 Å². The van der Waals surface area contributed by atoms with Crippen molar-refractivity contribution in [3.63, 3.8) is 0 Å². The van der Waals surface area contributed by atoms with Gasteiger partial charge < -0.3 is 9.80 Å². The summed E-state index contributed by atoms with van der Waals surface area (Å²) in [6.07, 6.45) is 12.1. The van der Waals surface area contributed by atoms with Crippen LogP contribution < -0.4 is 0 Å². The van der Waals surface area contributed by atoms with Gasteiger partial charge in [0.2, 0.25) is 11.8 Å². The van der Waals surface area contributed by atoms with Gasteiger partial charge in [-0.25, -0.2) is 0 Å². The zero-order valence-electron chi connectivity index (χ0n) is 16.2. The van der Waals surface area contributed by atoms with Gasteiger partial charge >= 0.3 is 0 Å². The molecule has 26 heavy (non-hydrogen) atoms. The van der Waals surface area contributed by atoms with Crippen molar-refractivity contribution < 1.29 is 9.59 Å². The molecule has 2 aliphatic rings. The van der Waals surface area contributed by atoms with Crippen LogP contribution in [0.1, 0.15) is 63.9 Å². The summed E-state index contributed by atoms with van der Waals surface area (Å²) >= 11 is 0. The Balaban J connectivity index is 1.64. The van der Waals surface area contributed by atoms with Gasteiger partial charge in [0, 0.05) is 50.9 Å². The van der Waals surface area contributed by atoms with Crippen LogP contribution in [0, 0.1) is 5.92 Å². The molecule has 1 aliphatic heterocycles. The van der Waals surface area contributed by atoms with Gasteiger partial charge in [-0.05, 0) is 26.2 Å². The molecule has 0 N–H and O–H groups in total. The first-order valence-electron chi connectivity index (χ1n) is 10.1. The third-order valence-electron chi connectivity index (χ3n) is 5.88. The van der Waals surface area contributed by atoms with Gasteiger partial charge in [-0.2, -0.15) is 5.10 Å². The molecule has 0 bridgehead atoms. The molecule has 0 radical (unpaired) electrons. The van der Waals surface area contributed by atoms with Crippen LogP contribution in [0.15, 0.2) is 12.4 Å². The third kappa shape index (κ3) is 4.46. The van der Waals surface area contributed by atoms with Crippen LogP contribution in [0.3, 0.4) is 0 Å². The van der Waals surface area contributed by atoms with E-state index < -0.39 is 0 Å². The van der Waals surface area contributed by atoms with E-state index in [4.69, 9.17) is 0 Å². The highest BCUT2D eigenvalue weighted by molar-refractivity contribution is 5.84. The number of piperidine rings is 1. The van der Waals surface area contributed by atoms with E-state index >= 15 is 0 Å². The first-order chi connectivity index (χ1) is 12.6. The second-order valence-corrected chi connectivity index (χ2v) is 7.80. The minimum Gasteiger partial charge on any atom is -0.339 e. The van der Waals surface area contributed by atoms with E-state index in [-0.39, 0.29) is 17.7 Å². The molecule has 2 heterocycles. The second-order valence-electron chi connectivity index (χ2n) is 7.80. The zero-order valence-corrected chi connectivity index (χ0v) is 16.2. The molecule has 1 atom stereocenters. The van der Waals surface area contributed by atoms with E-state index in [1.165, 1.54) is 25.7 Å². The maximum absolute atomic E-state index is 13.1. The van der Waals surface area contributed by atoms with Crippen LogP contribution >= 0.6 is 0 Å². The van der Waals surface area contributed by atoms with Crippen molar-refractivity contribution in [1.82, 2.24) is 19.6 Å². The predicted octanol–water partition coefficient (Wildman–Crippen LogP) is 2.73. The van der Waals surface area contributed by atoms with Gasteiger partial charge in [-0.1, -0.05) is 25.7 Å². The number of carbonyl (C=O) groups excluding carboxylic acids is 2. The summed E-state index contributed by atoms with van der Waals surface area (Å²) in [5.74, 6) is 0.367. The highest BCUT2D eigenvalue weighted by atomic mass is 16.2. The molecule has 6 nitrogen and oxygen atoms in total. The zero-order chi connectivity index (χ0) is 18.5. The number of carbonyl (C=O) groups is 2. The Kier molecular flexibility index (Phi) is 6.33. The molecule has 1 saturated carbocycles. The largest absolute Gasteiger partial charge is 0.339 e. The van der Waals surface area contributed by atoms with Crippen LogP contribution in [0.5, 0.6) is 0 Å². The number of amides is 2. The number of aryl methyl sites for hydroxylation is 1. The molecule has 0 spiro atoms. The minimum absolute atomic E-state index is 0.0624. The first-order valence-corrected chi connectivity index (χ1v) is 10.1. The molecule has 1 aliphatic carbocycles. The quantitative estimate of drug-likeness (QED) is 0.759. The number of hydrogen-bond acceptors (Lipinski definition) is 3. The molecule has 3 rings (SSSR count).